The van der Waals surface area contributed by atoms with Gasteiger partial charge in [0.05, 0.1) is 17.3 Å². The van der Waals surface area contributed by atoms with Crippen LogP contribution >= 0.6 is 0 Å². The third-order valence-electron chi connectivity index (χ3n) is 2.90. The average Bonchev–Trinajstić information content (AvgIpc) is 2.37. The molecule has 118 valence electrons. The Balaban J connectivity index is 2.55. The summed E-state index contributed by atoms with van der Waals surface area (Å²) in [6.45, 7) is 1.85. The molecule has 21 heavy (non-hydrogen) atoms. The predicted molar refractivity (Wildman–Crippen MR) is 74.9 cm³/mol. The molecule has 0 radical (unpaired) electrons. The van der Waals surface area contributed by atoms with E-state index in [1.165, 1.54) is 6.07 Å². The fraction of sp³-hybridized carbons (Fsp3) is 0.500. The van der Waals surface area contributed by atoms with E-state index in [0.29, 0.717) is 12.8 Å². The number of sulfonamides is 1. The standard InChI is InChI=1S/C12H17FN2O5S/c1-9(6-8-21(14,18)19)5-7-20-12-10(13)3-2-4-11(12)15(16)17/h2-4,9H,5-8H2,1H3,(H2,14,18,19). The second kappa shape index (κ2) is 7.32. The molecule has 0 bridgehead atoms. The van der Waals surface area contributed by atoms with Crippen molar-refractivity contribution in [2.75, 3.05) is 12.4 Å². The molecule has 0 aromatic heterocycles. The van der Waals surface area contributed by atoms with E-state index in [0.717, 1.165) is 12.1 Å². The lowest BCUT2D eigenvalue weighted by Gasteiger charge is -2.12. The van der Waals surface area contributed by atoms with Crippen LogP contribution in [0.2, 0.25) is 0 Å². The van der Waals surface area contributed by atoms with Gasteiger partial charge in [-0.2, -0.15) is 0 Å². The fourth-order valence-corrected chi connectivity index (χ4v) is 2.39. The van der Waals surface area contributed by atoms with Crippen LogP contribution in [0.15, 0.2) is 18.2 Å². The van der Waals surface area contributed by atoms with Crippen molar-refractivity contribution in [1.82, 2.24) is 0 Å². The highest BCUT2D eigenvalue weighted by Crippen LogP contribution is 2.29. The summed E-state index contributed by atoms with van der Waals surface area (Å²) in [4.78, 5) is 10.0. The Hall–Kier alpha value is -1.74. The van der Waals surface area contributed by atoms with Crippen molar-refractivity contribution in [2.45, 2.75) is 19.8 Å². The molecule has 0 aliphatic carbocycles. The largest absolute Gasteiger partial charge is 0.485 e. The summed E-state index contributed by atoms with van der Waals surface area (Å²) in [5, 5.41) is 15.7. The summed E-state index contributed by atoms with van der Waals surface area (Å²) in [6, 6.07) is 3.46. The minimum absolute atomic E-state index is 0.0193. The molecule has 1 aromatic carbocycles. The minimum atomic E-state index is -3.51. The molecular formula is C12H17FN2O5S. The molecule has 1 unspecified atom stereocenters. The van der Waals surface area contributed by atoms with Crippen LogP contribution in [0.5, 0.6) is 5.75 Å². The number of nitro benzene ring substituents is 1. The van der Waals surface area contributed by atoms with E-state index in [-0.39, 0.29) is 18.3 Å². The normalized spacial score (nSPS) is 12.9. The van der Waals surface area contributed by atoms with E-state index in [1.807, 2.05) is 0 Å². The Bertz CT molecular complexity index is 606. The number of nitrogens with two attached hydrogens (primary N) is 1. The van der Waals surface area contributed by atoms with Gasteiger partial charge in [0.25, 0.3) is 0 Å². The van der Waals surface area contributed by atoms with Crippen LogP contribution in [0.3, 0.4) is 0 Å². The van der Waals surface area contributed by atoms with Gasteiger partial charge in [-0.15, -0.1) is 0 Å². The van der Waals surface area contributed by atoms with Crippen molar-refractivity contribution >= 4 is 15.7 Å². The van der Waals surface area contributed by atoms with Gasteiger partial charge >= 0.3 is 5.69 Å². The van der Waals surface area contributed by atoms with E-state index in [9.17, 15) is 22.9 Å². The first kappa shape index (κ1) is 17.3. The molecule has 9 heteroatoms. The summed E-state index contributed by atoms with van der Waals surface area (Å²) in [6.07, 6.45) is 0.780. The molecular weight excluding hydrogens is 303 g/mol. The third kappa shape index (κ3) is 6.05. The third-order valence-corrected chi connectivity index (χ3v) is 3.70. The van der Waals surface area contributed by atoms with Crippen molar-refractivity contribution in [2.24, 2.45) is 11.1 Å². The van der Waals surface area contributed by atoms with Gasteiger partial charge in [0.1, 0.15) is 0 Å². The molecule has 0 aliphatic heterocycles. The number of nitrogens with zero attached hydrogens (tertiary/aromatic N) is 1. The molecule has 0 heterocycles. The van der Waals surface area contributed by atoms with Gasteiger partial charge in [-0.05, 0) is 24.8 Å². The number of para-hydroxylation sites is 1. The predicted octanol–water partition coefficient (Wildman–Crippen LogP) is 1.82. The van der Waals surface area contributed by atoms with E-state index in [2.05, 4.69) is 0 Å². The van der Waals surface area contributed by atoms with Gasteiger partial charge in [-0.25, -0.2) is 17.9 Å². The van der Waals surface area contributed by atoms with E-state index >= 15 is 0 Å². The van der Waals surface area contributed by atoms with Crippen molar-refractivity contribution in [3.05, 3.63) is 34.1 Å². The molecule has 0 fully saturated rings. The fourth-order valence-electron chi connectivity index (χ4n) is 1.66. The van der Waals surface area contributed by atoms with Crippen LogP contribution in [0.1, 0.15) is 19.8 Å². The quantitative estimate of drug-likeness (QED) is 0.580. The molecule has 0 saturated heterocycles. The Morgan fingerprint density at radius 1 is 1.43 bits per heavy atom. The first-order valence-corrected chi connectivity index (χ1v) is 7.98. The second-order valence-corrected chi connectivity index (χ2v) is 6.48. The smallest absolute Gasteiger partial charge is 0.314 e. The molecule has 2 N–H and O–H groups in total. The molecule has 1 aromatic rings. The maximum Gasteiger partial charge on any atom is 0.314 e. The first-order valence-electron chi connectivity index (χ1n) is 6.27. The summed E-state index contributed by atoms with van der Waals surface area (Å²) in [5.41, 5.74) is -0.438. The Morgan fingerprint density at radius 2 is 2.10 bits per heavy atom. The maximum absolute atomic E-state index is 13.5. The minimum Gasteiger partial charge on any atom is -0.485 e. The van der Waals surface area contributed by atoms with E-state index < -0.39 is 32.2 Å². The number of benzene rings is 1. The van der Waals surface area contributed by atoms with Crippen LogP contribution in [0.4, 0.5) is 10.1 Å². The number of ether oxygens (including phenoxy) is 1. The number of hydrogen-bond donors (Lipinski definition) is 1. The van der Waals surface area contributed by atoms with Crippen LogP contribution in [0, 0.1) is 21.8 Å². The van der Waals surface area contributed by atoms with Gasteiger partial charge in [0, 0.05) is 6.07 Å². The van der Waals surface area contributed by atoms with Crippen molar-refractivity contribution in [3.63, 3.8) is 0 Å². The number of primary sulfonamides is 1. The molecule has 0 amide bonds. The van der Waals surface area contributed by atoms with Gasteiger partial charge < -0.3 is 4.74 Å². The van der Waals surface area contributed by atoms with Crippen molar-refractivity contribution in [1.29, 1.82) is 0 Å². The Kier molecular flexibility index (Phi) is 6.03. The highest BCUT2D eigenvalue weighted by atomic mass is 32.2. The SMILES string of the molecule is CC(CCOc1c(F)cccc1[N+](=O)[O-])CCS(N)(=O)=O. The van der Waals surface area contributed by atoms with Crippen molar-refractivity contribution < 1.29 is 22.5 Å². The molecule has 0 aliphatic rings. The van der Waals surface area contributed by atoms with Crippen LogP contribution in [-0.4, -0.2) is 25.7 Å². The van der Waals surface area contributed by atoms with Crippen LogP contribution < -0.4 is 9.88 Å². The van der Waals surface area contributed by atoms with Crippen LogP contribution in [0.25, 0.3) is 0 Å². The highest BCUT2D eigenvalue weighted by Gasteiger charge is 2.19. The zero-order valence-corrected chi connectivity index (χ0v) is 12.3. The lowest BCUT2D eigenvalue weighted by Crippen LogP contribution is -2.19. The average molecular weight is 320 g/mol. The van der Waals surface area contributed by atoms with Gasteiger partial charge in [0.2, 0.25) is 15.8 Å². The molecule has 0 spiro atoms. The summed E-state index contributed by atoms with van der Waals surface area (Å²) in [7, 11) is -3.51. The Labute approximate surface area is 122 Å². The number of nitro groups is 1. The maximum atomic E-state index is 13.5. The summed E-state index contributed by atoms with van der Waals surface area (Å²) >= 11 is 0. The Morgan fingerprint density at radius 3 is 2.67 bits per heavy atom. The molecule has 1 rings (SSSR count). The lowest BCUT2D eigenvalue weighted by atomic mass is 10.1. The summed E-state index contributed by atoms with van der Waals surface area (Å²) < 4.78 is 40.3. The molecule has 0 saturated carbocycles. The summed E-state index contributed by atoms with van der Waals surface area (Å²) in [5.74, 6) is -1.37. The molecule has 1 atom stereocenters. The van der Waals surface area contributed by atoms with Gasteiger partial charge in [0.15, 0.2) is 5.82 Å². The molecule has 7 nitrogen and oxygen atoms in total. The van der Waals surface area contributed by atoms with E-state index in [4.69, 9.17) is 9.88 Å². The van der Waals surface area contributed by atoms with Crippen LogP contribution in [-0.2, 0) is 10.0 Å². The monoisotopic (exact) mass is 320 g/mol. The highest BCUT2D eigenvalue weighted by molar-refractivity contribution is 7.89. The zero-order valence-electron chi connectivity index (χ0n) is 11.5. The number of halogens is 1. The first-order chi connectivity index (χ1) is 9.70. The second-order valence-electron chi connectivity index (χ2n) is 4.74. The number of rotatable bonds is 8. The zero-order chi connectivity index (χ0) is 16.0. The van der Waals surface area contributed by atoms with E-state index in [1.54, 1.807) is 6.92 Å². The van der Waals surface area contributed by atoms with Gasteiger partial charge in [-0.3, -0.25) is 10.1 Å². The lowest BCUT2D eigenvalue weighted by molar-refractivity contribution is -0.386. The van der Waals surface area contributed by atoms with Crippen molar-refractivity contribution in [3.8, 4) is 5.75 Å². The van der Waals surface area contributed by atoms with Gasteiger partial charge in [-0.1, -0.05) is 13.0 Å². The topological polar surface area (TPSA) is 113 Å². The number of hydrogen-bond acceptors (Lipinski definition) is 5.